The lowest BCUT2D eigenvalue weighted by atomic mass is 10.1. The second kappa shape index (κ2) is 5.75. The van der Waals surface area contributed by atoms with Crippen LogP contribution in [-0.2, 0) is 6.18 Å². The molecule has 0 aliphatic heterocycles. The third-order valence-corrected chi connectivity index (χ3v) is 3.29. The minimum atomic E-state index is -4.53. The van der Waals surface area contributed by atoms with Crippen LogP contribution in [0.3, 0.4) is 0 Å². The van der Waals surface area contributed by atoms with Gasteiger partial charge in [0.1, 0.15) is 0 Å². The highest BCUT2D eigenvalue weighted by Gasteiger charge is 2.36. The van der Waals surface area contributed by atoms with Gasteiger partial charge in [-0.25, -0.2) is 0 Å². The molecule has 1 heterocycles. The van der Waals surface area contributed by atoms with Gasteiger partial charge in [-0.1, -0.05) is 30.3 Å². The van der Waals surface area contributed by atoms with Crippen LogP contribution in [0.4, 0.5) is 18.3 Å². The van der Waals surface area contributed by atoms with Crippen molar-refractivity contribution >= 4 is 28.3 Å². The number of aromatic nitrogens is 2. The number of rotatable bonds is 4. The number of nitrogens with one attached hydrogen (secondary N) is 1. The molecule has 0 aliphatic carbocycles. The minimum Gasteiger partial charge on any atom is -0.352 e. The van der Waals surface area contributed by atoms with Gasteiger partial charge in [0.2, 0.25) is 11.0 Å². The van der Waals surface area contributed by atoms with Crippen LogP contribution in [0.1, 0.15) is 17.4 Å². The molecule has 1 unspecified atom stereocenters. The molecule has 0 saturated carbocycles. The van der Waals surface area contributed by atoms with E-state index >= 15 is 0 Å². The Labute approximate surface area is 116 Å². The molecule has 0 bridgehead atoms. The van der Waals surface area contributed by atoms with Crippen LogP contribution in [0.5, 0.6) is 0 Å². The van der Waals surface area contributed by atoms with Crippen LogP contribution in [0.2, 0.25) is 0 Å². The van der Waals surface area contributed by atoms with Gasteiger partial charge in [0.05, 0.1) is 6.04 Å². The molecule has 0 fully saturated rings. The molecule has 3 nitrogen and oxygen atoms in total. The summed E-state index contributed by atoms with van der Waals surface area (Å²) in [6, 6.07) is 8.88. The molecule has 0 aliphatic rings. The molecule has 1 N–H and O–H groups in total. The molecule has 1 aromatic heterocycles. The number of benzene rings is 1. The van der Waals surface area contributed by atoms with Gasteiger partial charge in [0.25, 0.3) is 0 Å². The number of halogens is 4. The van der Waals surface area contributed by atoms with Crippen LogP contribution < -0.4 is 5.32 Å². The summed E-state index contributed by atoms with van der Waals surface area (Å²) in [5, 5.41) is 2.95. The second-order valence-corrected chi connectivity index (χ2v) is 4.74. The van der Waals surface area contributed by atoms with Crippen molar-refractivity contribution in [1.82, 2.24) is 9.36 Å². The SMILES string of the molecule is FC(F)(F)c1nsc(NC(CCl)c2ccccc2)n1. The van der Waals surface area contributed by atoms with E-state index in [0.29, 0.717) is 11.5 Å². The maximum atomic E-state index is 12.4. The normalized spacial score (nSPS) is 13.3. The van der Waals surface area contributed by atoms with Gasteiger partial charge in [-0.15, -0.1) is 11.6 Å². The van der Waals surface area contributed by atoms with Crippen molar-refractivity contribution in [3.63, 3.8) is 0 Å². The van der Waals surface area contributed by atoms with Crippen LogP contribution in [0.25, 0.3) is 0 Å². The monoisotopic (exact) mass is 307 g/mol. The van der Waals surface area contributed by atoms with Gasteiger partial charge in [0, 0.05) is 17.4 Å². The Morgan fingerprint density at radius 3 is 2.47 bits per heavy atom. The van der Waals surface area contributed by atoms with Crippen molar-refractivity contribution in [3.05, 3.63) is 41.7 Å². The highest BCUT2D eigenvalue weighted by molar-refractivity contribution is 7.09. The molecule has 0 saturated heterocycles. The van der Waals surface area contributed by atoms with E-state index in [0.717, 1.165) is 5.56 Å². The minimum absolute atomic E-state index is 0.0989. The van der Waals surface area contributed by atoms with Crippen molar-refractivity contribution in [2.75, 3.05) is 11.2 Å². The van der Waals surface area contributed by atoms with Gasteiger partial charge >= 0.3 is 6.18 Å². The zero-order chi connectivity index (χ0) is 13.9. The smallest absolute Gasteiger partial charge is 0.352 e. The molecule has 8 heteroatoms. The van der Waals surface area contributed by atoms with E-state index in [-0.39, 0.29) is 17.1 Å². The Hall–Kier alpha value is -1.34. The van der Waals surface area contributed by atoms with E-state index in [4.69, 9.17) is 11.6 Å². The van der Waals surface area contributed by atoms with E-state index in [1.807, 2.05) is 30.3 Å². The molecular formula is C11H9ClF3N3S. The van der Waals surface area contributed by atoms with Gasteiger partial charge in [0.15, 0.2) is 0 Å². The average molecular weight is 308 g/mol. The fraction of sp³-hybridized carbons (Fsp3) is 0.273. The number of anilines is 1. The zero-order valence-corrected chi connectivity index (χ0v) is 11.1. The molecule has 0 radical (unpaired) electrons. The van der Waals surface area contributed by atoms with Crippen molar-refractivity contribution in [2.45, 2.75) is 12.2 Å². The molecule has 2 rings (SSSR count). The first-order chi connectivity index (χ1) is 9.00. The lowest BCUT2D eigenvalue weighted by molar-refractivity contribution is -0.144. The fourth-order valence-corrected chi connectivity index (χ4v) is 2.34. The number of hydrogen-bond acceptors (Lipinski definition) is 4. The largest absolute Gasteiger partial charge is 0.452 e. The second-order valence-electron chi connectivity index (χ2n) is 3.68. The molecule has 0 spiro atoms. The van der Waals surface area contributed by atoms with E-state index in [2.05, 4.69) is 14.7 Å². The summed E-state index contributed by atoms with van der Waals surface area (Å²) in [7, 11) is 0. The predicted molar refractivity (Wildman–Crippen MR) is 68.4 cm³/mol. The first-order valence-corrected chi connectivity index (χ1v) is 6.60. The Kier molecular flexibility index (Phi) is 4.26. The topological polar surface area (TPSA) is 37.8 Å². The molecule has 1 atom stereocenters. The number of hydrogen-bond donors (Lipinski definition) is 1. The first-order valence-electron chi connectivity index (χ1n) is 5.29. The van der Waals surface area contributed by atoms with E-state index < -0.39 is 12.0 Å². The van der Waals surface area contributed by atoms with Gasteiger partial charge in [-0.2, -0.15) is 22.5 Å². The van der Waals surface area contributed by atoms with Gasteiger partial charge in [-0.3, -0.25) is 0 Å². The van der Waals surface area contributed by atoms with E-state index in [1.165, 1.54) is 0 Å². The van der Waals surface area contributed by atoms with E-state index in [9.17, 15) is 13.2 Å². The fourth-order valence-electron chi connectivity index (χ4n) is 1.44. The Bertz CT molecular complexity index is 529. The summed E-state index contributed by atoms with van der Waals surface area (Å²) < 4.78 is 40.4. The molecule has 2 aromatic rings. The summed E-state index contributed by atoms with van der Waals surface area (Å²) in [5.74, 6) is -0.924. The molecular weight excluding hydrogens is 299 g/mol. The van der Waals surface area contributed by atoms with Crippen molar-refractivity contribution in [3.8, 4) is 0 Å². The number of alkyl halides is 4. The molecule has 19 heavy (non-hydrogen) atoms. The maximum absolute atomic E-state index is 12.4. The summed E-state index contributed by atoms with van der Waals surface area (Å²) in [5.41, 5.74) is 0.876. The summed E-state index contributed by atoms with van der Waals surface area (Å²) in [6.07, 6.45) is -4.53. The predicted octanol–water partition coefficient (Wildman–Crippen LogP) is 3.95. The Morgan fingerprint density at radius 1 is 1.26 bits per heavy atom. The van der Waals surface area contributed by atoms with Crippen LogP contribution in [0.15, 0.2) is 30.3 Å². The van der Waals surface area contributed by atoms with Crippen molar-refractivity contribution < 1.29 is 13.2 Å². The van der Waals surface area contributed by atoms with Crippen molar-refractivity contribution in [2.24, 2.45) is 0 Å². The summed E-state index contributed by atoms with van der Waals surface area (Å²) in [6.45, 7) is 0. The van der Waals surface area contributed by atoms with Crippen LogP contribution >= 0.6 is 23.1 Å². The summed E-state index contributed by atoms with van der Waals surface area (Å²) >= 11 is 6.48. The lowest BCUT2D eigenvalue weighted by Crippen LogP contribution is -2.13. The van der Waals surface area contributed by atoms with Gasteiger partial charge < -0.3 is 5.32 Å². The molecule has 102 valence electrons. The van der Waals surface area contributed by atoms with Crippen molar-refractivity contribution in [1.29, 1.82) is 0 Å². The third kappa shape index (κ3) is 3.57. The van der Waals surface area contributed by atoms with Gasteiger partial charge in [-0.05, 0) is 5.56 Å². The number of nitrogens with zero attached hydrogens (tertiary/aromatic N) is 2. The molecule has 0 amide bonds. The summed E-state index contributed by atoms with van der Waals surface area (Å²) in [4.78, 5) is 3.41. The zero-order valence-electron chi connectivity index (χ0n) is 9.49. The van der Waals surface area contributed by atoms with E-state index in [1.54, 1.807) is 0 Å². The standard InChI is InChI=1S/C11H9ClF3N3S/c12-6-8(7-4-2-1-3-5-7)16-10-17-9(18-19-10)11(13,14)15/h1-5,8H,6H2,(H,16,17,18). The first kappa shape index (κ1) is 14.1. The molecule has 1 aromatic carbocycles. The van der Waals surface area contributed by atoms with Crippen LogP contribution in [-0.4, -0.2) is 15.2 Å². The van der Waals surface area contributed by atoms with Crippen LogP contribution in [0, 0.1) is 0 Å². The third-order valence-electron chi connectivity index (χ3n) is 2.33. The Morgan fingerprint density at radius 2 is 1.95 bits per heavy atom. The quantitative estimate of drug-likeness (QED) is 0.869. The lowest BCUT2D eigenvalue weighted by Gasteiger charge is -2.15. The maximum Gasteiger partial charge on any atom is 0.452 e. The highest BCUT2D eigenvalue weighted by atomic mass is 35.5. The Balaban J connectivity index is 2.13. The average Bonchev–Trinajstić information content (AvgIpc) is 2.85. The highest BCUT2D eigenvalue weighted by Crippen LogP contribution is 2.30.